The molecule has 1 amide bonds. The molecule has 0 saturated carbocycles. The van der Waals surface area contributed by atoms with Gasteiger partial charge in [-0.1, -0.05) is 54.6 Å². The molecule has 0 N–H and O–H groups in total. The maximum absolute atomic E-state index is 13.1. The number of benzene rings is 2. The van der Waals surface area contributed by atoms with Crippen molar-refractivity contribution in [3.8, 4) is 10.6 Å². The number of hydrogen-bond acceptors (Lipinski definition) is 3. The molecule has 1 aromatic heterocycles. The number of amides is 1. The molecule has 3 aromatic rings. The van der Waals surface area contributed by atoms with Gasteiger partial charge in [-0.2, -0.15) is 0 Å². The van der Waals surface area contributed by atoms with Crippen molar-refractivity contribution in [3.05, 3.63) is 76.3 Å². The smallest absolute Gasteiger partial charge is 0.266 e. The zero-order chi connectivity index (χ0) is 17.4. The summed E-state index contributed by atoms with van der Waals surface area (Å²) in [5.41, 5.74) is 4.51. The molecule has 0 spiro atoms. The van der Waals surface area contributed by atoms with Gasteiger partial charge < -0.3 is 4.90 Å². The third-order valence-corrected chi connectivity index (χ3v) is 6.10. The zero-order valence-corrected chi connectivity index (χ0v) is 15.2. The fourth-order valence-corrected chi connectivity index (χ4v) is 4.59. The normalized spacial score (nSPS) is 15.8. The summed E-state index contributed by atoms with van der Waals surface area (Å²) >= 11 is 1.49. The average molecular weight is 348 g/mol. The van der Waals surface area contributed by atoms with Crippen LogP contribution >= 0.6 is 11.3 Å². The highest BCUT2D eigenvalue weighted by atomic mass is 32.1. The van der Waals surface area contributed by atoms with Crippen molar-refractivity contribution in [1.29, 1.82) is 0 Å². The first-order chi connectivity index (χ1) is 12.1. The summed E-state index contributed by atoms with van der Waals surface area (Å²) in [7, 11) is 1.91. The van der Waals surface area contributed by atoms with Crippen LogP contribution in [0.15, 0.2) is 54.6 Å². The van der Waals surface area contributed by atoms with E-state index in [1.165, 1.54) is 22.5 Å². The third-order valence-electron chi connectivity index (χ3n) is 4.90. The van der Waals surface area contributed by atoms with E-state index in [0.29, 0.717) is 0 Å². The quantitative estimate of drug-likeness (QED) is 0.676. The minimum absolute atomic E-state index is 0.0684. The molecule has 0 fully saturated rings. The molecule has 25 heavy (non-hydrogen) atoms. The Morgan fingerprint density at radius 3 is 2.64 bits per heavy atom. The van der Waals surface area contributed by atoms with Gasteiger partial charge in [0.05, 0.1) is 11.7 Å². The molecule has 0 bridgehead atoms. The van der Waals surface area contributed by atoms with E-state index in [0.717, 1.165) is 34.0 Å². The van der Waals surface area contributed by atoms with Gasteiger partial charge in [0.15, 0.2) is 0 Å². The Kier molecular flexibility index (Phi) is 4.14. The Morgan fingerprint density at radius 2 is 1.84 bits per heavy atom. The van der Waals surface area contributed by atoms with Gasteiger partial charge in [-0.3, -0.25) is 4.79 Å². The monoisotopic (exact) mass is 348 g/mol. The van der Waals surface area contributed by atoms with Crippen molar-refractivity contribution in [2.45, 2.75) is 25.8 Å². The summed E-state index contributed by atoms with van der Waals surface area (Å²) in [6.45, 7) is 1.92. The van der Waals surface area contributed by atoms with E-state index < -0.39 is 0 Å². The molecule has 0 unspecified atom stereocenters. The topological polar surface area (TPSA) is 33.2 Å². The summed E-state index contributed by atoms with van der Waals surface area (Å²) in [6.07, 6.45) is 2.03. The van der Waals surface area contributed by atoms with Crippen LogP contribution < -0.4 is 0 Å². The number of carbonyl (C=O) groups is 1. The first kappa shape index (κ1) is 16.0. The lowest BCUT2D eigenvalue weighted by Crippen LogP contribution is -2.30. The van der Waals surface area contributed by atoms with E-state index in [1.807, 2.05) is 49.2 Å². The van der Waals surface area contributed by atoms with Gasteiger partial charge in [0.25, 0.3) is 5.91 Å². The predicted molar refractivity (Wildman–Crippen MR) is 102 cm³/mol. The third kappa shape index (κ3) is 2.87. The second-order valence-electron chi connectivity index (χ2n) is 6.47. The number of aryl methyl sites for hydroxylation is 2. The maximum Gasteiger partial charge on any atom is 0.266 e. The predicted octanol–water partition coefficient (Wildman–Crippen LogP) is 4.88. The molecule has 0 radical (unpaired) electrons. The lowest BCUT2D eigenvalue weighted by molar-refractivity contribution is 0.0734. The highest BCUT2D eigenvalue weighted by molar-refractivity contribution is 7.17. The first-order valence-corrected chi connectivity index (χ1v) is 9.34. The second-order valence-corrected chi connectivity index (χ2v) is 7.47. The van der Waals surface area contributed by atoms with Crippen LogP contribution in [0.3, 0.4) is 0 Å². The standard InChI is InChI=1S/C21H20N2OS/c1-14-19(25-20(22-14)16-9-4-3-5-10-16)21(24)23(2)18-13-12-15-8-6-7-11-17(15)18/h3-11,18H,12-13H2,1-2H3/t18-/m0/s1. The number of hydrogen-bond donors (Lipinski definition) is 0. The molecule has 1 aliphatic rings. The maximum atomic E-state index is 13.1. The van der Waals surface area contributed by atoms with Crippen LogP contribution in [0.5, 0.6) is 0 Å². The van der Waals surface area contributed by atoms with Crippen LogP contribution in [-0.2, 0) is 6.42 Å². The van der Waals surface area contributed by atoms with Crippen LogP contribution in [-0.4, -0.2) is 22.8 Å². The van der Waals surface area contributed by atoms with Gasteiger partial charge in [0, 0.05) is 12.6 Å². The van der Waals surface area contributed by atoms with E-state index in [9.17, 15) is 4.79 Å². The number of carbonyl (C=O) groups excluding carboxylic acids is 1. The van der Waals surface area contributed by atoms with Crippen LogP contribution in [0.1, 0.15) is 39.0 Å². The molecule has 126 valence electrons. The van der Waals surface area contributed by atoms with Crippen molar-refractivity contribution >= 4 is 17.2 Å². The molecule has 4 rings (SSSR count). The van der Waals surface area contributed by atoms with Gasteiger partial charge in [-0.05, 0) is 30.9 Å². The van der Waals surface area contributed by atoms with E-state index in [2.05, 4.69) is 29.2 Å². The Balaban J connectivity index is 1.62. The zero-order valence-electron chi connectivity index (χ0n) is 14.4. The largest absolute Gasteiger partial charge is 0.334 e. The number of rotatable bonds is 3. The SMILES string of the molecule is Cc1nc(-c2ccccc2)sc1C(=O)N(C)[C@H]1CCc2ccccc21. The highest BCUT2D eigenvalue weighted by Gasteiger charge is 2.30. The number of thiazole rings is 1. The molecule has 1 atom stereocenters. The first-order valence-electron chi connectivity index (χ1n) is 8.53. The Morgan fingerprint density at radius 1 is 1.12 bits per heavy atom. The van der Waals surface area contributed by atoms with Gasteiger partial charge in [0.2, 0.25) is 0 Å². The molecular weight excluding hydrogens is 328 g/mol. The van der Waals surface area contributed by atoms with E-state index in [1.54, 1.807) is 0 Å². The lowest BCUT2D eigenvalue weighted by atomic mass is 10.1. The second kappa shape index (κ2) is 6.45. The average Bonchev–Trinajstić information content (AvgIpc) is 3.25. The molecule has 0 aliphatic heterocycles. The molecule has 1 aliphatic carbocycles. The van der Waals surface area contributed by atoms with Crippen molar-refractivity contribution in [3.63, 3.8) is 0 Å². The van der Waals surface area contributed by atoms with Crippen LogP contribution in [0.4, 0.5) is 0 Å². The molecule has 4 heteroatoms. The molecular formula is C21H20N2OS. The summed E-state index contributed by atoms with van der Waals surface area (Å²) in [5.74, 6) is 0.0684. The van der Waals surface area contributed by atoms with Gasteiger partial charge >= 0.3 is 0 Å². The Hall–Kier alpha value is -2.46. The van der Waals surface area contributed by atoms with Crippen molar-refractivity contribution in [2.24, 2.45) is 0 Å². The lowest BCUT2D eigenvalue weighted by Gasteiger charge is -2.25. The van der Waals surface area contributed by atoms with Crippen LogP contribution in [0, 0.1) is 6.92 Å². The van der Waals surface area contributed by atoms with Crippen LogP contribution in [0.2, 0.25) is 0 Å². The fourth-order valence-electron chi connectivity index (χ4n) is 3.54. The van der Waals surface area contributed by atoms with Gasteiger partial charge in [-0.25, -0.2) is 4.98 Å². The van der Waals surface area contributed by atoms with Crippen molar-refractivity contribution in [1.82, 2.24) is 9.88 Å². The summed E-state index contributed by atoms with van der Waals surface area (Å²) in [4.78, 5) is 20.4. The molecule has 2 aromatic carbocycles. The molecule has 1 heterocycles. The van der Waals surface area contributed by atoms with E-state index >= 15 is 0 Å². The summed E-state index contributed by atoms with van der Waals surface area (Å²) < 4.78 is 0. The van der Waals surface area contributed by atoms with E-state index in [4.69, 9.17) is 0 Å². The van der Waals surface area contributed by atoms with E-state index in [-0.39, 0.29) is 11.9 Å². The van der Waals surface area contributed by atoms with Gasteiger partial charge in [-0.15, -0.1) is 11.3 Å². The minimum atomic E-state index is 0.0684. The molecule has 0 saturated heterocycles. The summed E-state index contributed by atoms with van der Waals surface area (Å²) in [6, 6.07) is 18.6. The minimum Gasteiger partial charge on any atom is -0.334 e. The van der Waals surface area contributed by atoms with Gasteiger partial charge in [0.1, 0.15) is 9.88 Å². The highest BCUT2D eigenvalue weighted by Crippen LogP contribution is 2.37. The van der Waals surface area contributed by atoms with Crippen molar-refractivity contribution in [2.75, 3.05) is 7.05 Å². The fraction of sp³-hybridized carbons (Fsp3) is 0.238. The Labute approximate surface area is 152 Å². The molecule has 3 nitrogen and oxygen atoms in total. The number of nitrogens with zero attached hydrogens (tertiary/aromatic N) is 2. The van der Waals surface area contributed by atoms with Crippen molar-refractivity contribution < 1.29 is 4.79 Å². The Bertz CT molecular complexity index is 917. The summed E-state index contributed by atoms with van der Waals surface area (Å²) in [5, 5.41) is 0.904. The number of fused-ring (bicyclic) bond motifs is 1. The number of aromatic nitrogens is 1. The van der Waals surface area contributed by atoms with Crippen LogP contribution in [0.25, 0.3) is 10.6 Å².